The van der Waals surface area contributed by atoms with Gasteiger partial charge in [0.15, 0.2) is 0 Å². The van der Waals surface area contributed by atoms with Gasteiger partial charge in [0, 0.05) is 23.5 Å². The molecule has 4 heteroatoms. The molecule has 0 saturated heterocycles. The molecule has 1 saturated carbocycles. The number of hydrogen-bond donors (Lipinski definition) is 1. The van der Waals surface area contributed by atoms with Gasteiger partial charge in [-0.05, 0) is 61.8 Å². The van der Waals surface area contributed by atoms with E-state index in [-0.39, 0.29) is 0 Å². The lowest BCUT2D eigenvalue weighted by atomic mass is 9.75. The molecular weight excluding hydrogens is 318 g/mol. The first-order chi connectivity index (χ1) is 11.5. The van der Waals surface area contributed by atoms with Gasteiger partial charge in [0.25, 0.3) is 0 Å². The van der Waals surface area contributed by atoms with Crippen molar-refractivity contribution in [1.82, 2.24) is 4.90 Å². The van der Waals surface area contributed by atoms with E-state index in [4.69, 9.17) is 0 Å². The molecule has 0 spiro atoms. The Bertz CT molecular complexity index is 638. The molecule has 1 aliphatic heterocycles. The van der Waals surface area contributed by atoms with Gasteiger partial charge in [0.2, 0.25) is 0 Å². The molecule has 3 rings (SSSR count). The number of hydrogen-bond acceptors (Lipinski definition) is 3. The zero-order valence-electron chi connectivity index (χ0n) is 15.1. The molecule has 2 aliphatic rings. The lowest BCUT2D eigenvalue weighted by molar-refractivity contribution is 0.0702. The third-order valence-corrected chi connectivity index (χ3v) is 6.83. The van der Waals surface area contributed by atoms with Gasteiger partial charge < -0.3 is 5.11 Å². The SMILES string of the molecule is CCN1CCC(c2cc(C)sc2C(=O)O)=C(C2CCC(C)CC2)C1. The predicted molar refractivity (Wildman–Crippen MR) is 101 cm³/mol. The van der Waals surface area contributed by atoms with E-state index in [2.05, 4.69) is 24.8 Å². The summed E-state index contributed by atoms with van der Waals surface area (Å²) < 4.78 is 0. The van der Waals surface area contributed by atoms with Crippen LogP contribution in [0, 0.1) is 18.8 Å². The summed E-state index contributed by atoms with van der Waals surface area (Å²) in [5.74, 6) is 0.715. The molecular formula is C20H29NO2S. The van der Waals surface area contributed by atoms with E-state index in [1.54, 1.807) is 0 Å². The minimum Gasteiger partial charge on any atom is -0.477 e. The van der Waals surface area contributed by atoms with Crippen LogP contribution in [-0.2, 0) is 0 Å². The van der Waals surface area contributed by atoms with Crippen LogP contribution in [0.3, 0.4) is 0 Å². The van der Waals surface area contributed by atoms with Crippen molar-refractivity contribution in [3.05, 3.63) is 27.0 Å². The van der Waals surface area contributed by atoms with Crippen molar-refractivity contribution in [2.24, 2.45) is 11.8 Å². The third-order valence-electron chi connectivity index (χ3n) is 5.79. The van der Waals surface area contributed by atoms with Crippen LogP contribution in [0.4, 0.5) is 0 Å². The average Bonchev–Trinajstić information content (AvgIpc) is 2.97. The number of aryl methyl sites for hydroxylation is 1. The number of aromatic carboxylic acids is 1. The number of carbonyl (C=O) groups is 1. The largest absolute Gasteiger partial charge is 0.477 e. The molecule has 1 fully saturated rings. The summed E-state index contributed by atoms with van der Waals surface area (Å²) in [6.45, 7) is 9.75. The van der Waals surface area contributed by atoms with Gasteiger partial charge in [-0.15, -0.1) is 11.3 Å². The third kappa shape index (κ3) is 3.60. The van der Waals surface area contributed by atoms with Crippen molar-refractivity contribution in [3.63, 3.8) is 0 Å². The molecule has 0 radical (unpaired) electrons. The van der Waals surface area contributed by atoms with Crippen molar-refractivity contribution in [2.75, 3.05) is 19.6 Å². The van der Waals surface area contributed by atoms with Crippen LogP contribution in [0.25, 0.3) is 5.57 Å². The lowest BCUT2D eigenvalue weighted by Gasteiger charge is -2.36. The summed E-state index contributed by atoms with van der Waals surface area (Å²) in [7, 11) is 0. The Labute approximate surface area is 149 Å². The topological polar surface area (TPSA) is 40.5 Å². The van der Waals surface area contributed by atoms with Crippen LogP contribution in [0.2, 0.25) is 0 Å². The molecule has 3 nitrogen and oxygen atoms in total. The number of rotatable bonds is 4. The normalized spacial score (nSPS) is 26.0. The first kappa shape index (κ1) is 17.7. The van der Waals surface area contributed by atoms with Crippen LogP contribution in [-0.4, -0.2) is 35.6 Å². The van der Waals surface area contributed by atoms with Crippen LogP contribution < -0.4 is 0 Å². The number of carboxylic acids is 1. The van der Waals surface area contributed by atoms with E-state index in [9.17, 15) is 9.90 Å². The summed E-state index contributed by atoms with van der Waals surface area (Å²) in [5, 5.41) is 9.62. The van der Waals surface area contributed by atoms with E-state index in [0.717, 1.165) is 42.4 Å². The lowest BCUT2D eigenvalue weighted by Crippen LogP contribution is -2.34. The van der Waals surface area contributed by atoms with Crippen LogP contribution in [0.15, 0.2) is 11.6 Å². The van der Waals surface area contributed by atoms with Crippen LogP contribution in [0.1, 0.15) is 66.1 Å². The number of likely N-dealkylation sites (N-methyl/N-ethyl adjacent to an activating group) is 1. The smallest absolute Gasteiger partial charge is 0.346 e. The highest BCUT2D eigenvalue weighted by atomic mass is 32.1. The van der Waals surface area contributed by atoms with Crippen molar-refractivity contribution in [2.45, 2.75) is 52.9 Å². The monoisotopic (exact) mass is 347 g/mol. The number of thiophene rings is 1. The average molecular weight is 348 g/mol. The molecule has 0 aromatic carbocycles. The minimum atomic E-state index is -0.773. The Balaban J connectivity index is 2.01. The van der Waals surface area contributed by atoms with E-state index < -0.39 is 5.97 Å². The minimum absolute atomic E-state index is 0.536. The van der Waals surface area contributed by atoms with Gasteiger partial charge >= 0.3 is 5.97 Å². The summed E-state index contributed by atoms with van der Waals surface area (Å²) in [5.41, 5.74) is 3.89. The second kappa shape index (κ2) is 7.40. The Hall–Kier alpha value is -1.13. The fourth-order valence-electron chi connectivity index (χ4n) is 4.30. The quantitative estimate of drug-likeness (QED) is 0.827. The Kier molecular flexibility index (Phi) is 5.46. The van der Waals surface area contributed by atoms with Crippen molar-refractivity contribution >= 4 is 22.9 Å². The molecule has 0 unspecified atom stereocenters. The number of nitrogens with zero attached hydrogens (tertiary/aromatic N) is 1. The fraction of sp³-hybridized carbons (Fsp3) is 0.650. The second-order valence-electron chi connectivity index (χ2n) is 7.48. The molecule has 0 bridgehead atoms. The highest BCUT2D eigenvalue weighted by Gasteiger charge is 2.30. The maximum Gasteiger partial charge on any atom is 0.346 e. The predicted octanol–water partition coefficient (Wildman–Crippen LogP) is 5.06. The molecule has 24 heavy (non-hydrogen) atoms. The van der Waals surface area contributed by atoms with Crippen LogP contribution in [0.5, 0.6) is 0 Å². The van der Waals surface area contributed by atoms with Gasteiger partial charge in [0.05, 0.1) is 0 Å². The zero-order valence-corrected chi connectivity index (χ0v) is 15.9. The summed E-state index contributed by atoms with van der Waals surface area (Å²) >= 11 is 1.42. The van der Waals surface area contributed by atoms with Gasteiger partial charge in [-0.3, -0.25) is 4.90 Å². The van der Waals surface area contributed by atoms with Gasteiger partial charge in [-0.25, -0.2) is 4.79 Å². The number of carboxylic acid groups (broad SMARTS) is 1. The zero-order chi connectivity index (χ0) is 17.3. The van der Waals surface area contributed by atoms with E-state index in [1.807, 2.05) is 6.92 Å². The standard InChI is InChI=1S/C20H29NO2S/c1-4-21-10-9-16(17-11-14(3)24-19(17)20(22)23)18(12-21)15-7-5-13(2)6-8-15/h11,13,15H,4-10,12H2,1-3H3,(H,22,23). The van der Waals surface area contributed by atoms with Gasteiger partial charge in [-0.1, -0.05) is 26.7 Å². The molecule has 1 aliphatic carbocycles. The van der Waals surface area contributed by atoms with Gasteiger partial charge in [-0.2, -0.15) is 0 Å². The summed E-state index contributed by atoms with van der Waals surface area (Å²) in [4.78, 5) is 15.8. The van der Waals surface area contributed by atoms with Crippen LogP contribution >= 0.6 is 11.3 Å². The first-order valence-electron chi connectivity index (χ1n) is 9.28. The molecule has 132 valence electrons. The Morgan fingerprint density at radius 1 is 1.33 bits per heavy atom. The molecule has 2 heterocycles. The Morgan fingerprint density at radius 2 is 2.04 bits per heavy atom. The van der Waals surface area contributed by atoms with Crippen molar-refractivity contribution < 1.29 is 9.90 Å². The van der Waals surface area contributed by atoms with Gasteiger partial charge in [0.1, 0.15) is 4.88 Å². The van der Waals surface area contributed by atoms with Crippen molar-refractivity contribution in [1.29, 1.82) is 0 Å². The highest BCUT2D eigenvalue weighted by molar-refractivity contribution is 7.14. The molecule has 1 aromatic rings. The van der Waals surface area contributed by atoms with Crippen molar-refractivity contribution in [3.8, 4) is 0 Å². The first-order valence-corrected chi connectivity index (χ1v) is 10.1. The van der Waals surface area contributed by atoms with E-state index >= 15 is 0 Å². The highest BCUT2D eigenvalue weighted by Crippen LogP contribution is 2.41. The fourth-order valence-corrected chi connectivity index (χ4v) is 5.18. The van der Waals surface area contributed by atoms with E-state index in [1.165, 1.54) is 48.2 Å². The maximum atomic E-state index is 11.7. The molecule has 1 N–H and O–H groups in total. The van der Waals surface area contributed by atoms with E-state index in [0.29, 0.717) is 10.8 Å². The summed E-state index contributed by atoms with van der Waals surface area (Å²) in [6.07, 6.45) is 6.14. The molecule has 1 aromatic heterocycles. The second-order valence-corrected chi connectivity index (χ2v) is 8.74. The Morgan fingerprint density at radius 3 is 2.67 bits per heavy atom. The molecule has 0 atom stereocenters. The maximum absolute atomic E-state index is 11.7. The molecule has 0 amide bonds. The summed E-state index contributed by atoms with van der Waals surface area (Å²) in [6, 6.07) is 2.11.